The maximum atomic E-state index is 10.8. The van der Waals surface area contributed by atoms with Crippen LogP contribution in [0.15, 0.2) is 24.3 Å². The van der Waals surface area contributed by atoms with Crippen LogP contribution in [-0.2, 0) is 14.3 Å². The molecule has 1 aromatic carbocycles. The SMILES string of the molecule is CC(=O)O[C@H](C(=O)O)c1ccc(Cl)cc1. The summed E-state index contributed by atoms with van der Waals surface area (Å²) < 4.78 is 4.66. The van der Waals surface area contributed by atoms with Gasteiger partial charge in [0, 0.05) is 17.5 Å². The second-order valence-corrected chi connectivity index (χ2v) is 3.32. The van der Waals surface area contributed by atoms with Gasteiger partial charge < -0.3 is 9.84 Å². The lowest BCUT2D eigenvalue weighted by Crippen LogP contribution is -2.17. The van der Waals surface area contributed by atoms with Gasteiger partial charge in [0.15, 0.2) is 0 Å². The summed E-state index contributed by atoms with van der Waals surface area (Å²) in [6.07, 6.45) is -1.28. The van der Waals surface area contributed by atoms with Crippen LogP contribution in [0.3, 0.4) is 0 Å². The van der Waals surface area contributed by atoms with Gasteiger partial charge in [-0.2, -0.15) is 0 Å². The highest BCUT2D eigenvalue weighted by Gasteiger charge is 2.22. The lowest BCUT2D eigenvalue weighted by molar-refractivity contribution is -0.163. The Morgan fingerprint density at radius 3 is 2.27 bits per heavy atom. The molecular weight excluding hydrogens is 220 g/mol. The van der Waals surface area contributed by atoms with Crippen molar-refractivity contribution in [1.82, 2.24) is 0 Å². The van der Waals surface area contributed by atoms with Crippen LogP contribution in [0.5, 0.6) is 0 Å². The van der Waals surface area contributed by atoms with Crippen LogP contribution < -0.4 is 0 Å². The van der Waals surface area contributed by atoms with E-state index >= 15 is 0 Å². The summed E-state index contributed by atoms with van der Waals surface area (Å²) >= 11 is 5.65. The first-order valence-corrected chi connectivity index (χ1v) is 4.54. The lowest BCUT2D eigenvalue weighted by Gasteiger charge is -2.12. The number of carboxylic acid groups (broad SMARTS) is 1. The average molecular weight is 229 g/mol. The Labute approximate surface area is 91.4 Å². The molecule has 0 saturated carbocycles. The molecule has 1 aromatic rings. The van der Waals surface area contributed by atoms with Crippen LogP contribution in [0.1, 0.15) is 18.6 Å². The topological polar surface area (TPSA) is 63.6 Å². The normalized spacial score (nSPS) is 11.9. The summed E-state index contributed by atoms with van der Waals surface area (Å²) in [5.74, 6) is -1.86. The minimum atomic E-state index is -1.28. The summed E-state index contributed by atoms with van der Waals surface area (Å²) in [5.41, 5.74) is 0.377. The molecule has 0 fully saturated rings. The van der Waals surface area contributed by atoms with Crippen molar-refractivity contribution in [2.45, 2.75) is 13.0 Å². The van der Waals surface area contributed by atoms with Crippen LogP contribution in [0.25, 0.3) is 0 Å². The molecule has 0 aliphatic rings. The first kappa shape index (κ1) is 11.5. The molecule has 1 N–H and O–H groups in total. The van der Waals surface area contributed by atoms with E-state index in [2.05, 4.69) is 4.74 Å². The molecule has 15 heavy (non-hydrogen) atoms. The third-order valence-electron chi connectivity index (χ3n) is 1.68. The number of carbonyl (C=O) groups is 2. The zero-order chi connectivity index (χ0) is 11.4. The van der Waals surface area contributed by atoms with E-state index in [1.165, 1.54) is 24.3 Å². The van der Waals surface area contributed by atoms with E-state index in [-0.39, 0.29) is 0 Å². The molecule has 1 atom stereocenters. The summed E-state index contributed by atoms with van der Waals surface area (Å²) in [7, 11) is 0. The first-order chi connectivity index (χ1) is 7.00. The highest BCUT2D eigenvalue weighted by Crippen LogP contribution is 2.20. The van der Waals surface area contributed by atoms with Gasteiger partial charge in [-0.3, -0.25) is 4.79 Å². The Morgan fingerprint density at radius 2 is 1.87 bits per heavy atom. The van der Waals surface area contributed by atoms with Gasteiger partial charge >= 0.3 is 11.9 Å². The zero-order valence-electron chi connectivity index (χ0n) is 7.94. The zero-order valence-corrected chi connectivity index (χ0v) is 8.69. The summed E-state index contributed by atoms with van der Waals surface area (Å²) in [6, 6.07) is 6.08. The average Bonchev–Trinajstić information content (AvgIpc) is 2.15. The van der Waals surface area contributed by atoms with Gasteiger partial charge in [0.25, 0.3) is 0 Å². The Balaban J connectivity index is 2.94. The molecule has 5 heteroatoms. The molecule has 0 bridgehead atoms. The molecule has 0 amide bonds. The second kappa shape index (κ2) is 4.79. The van der Waals surface area contributed by atoms with Gasteiger partial charge in [0.1, 0.15) is 0 Å². The van der Waals surface area contributed by atoms with E-state index in [1.807, 2.05) is 0 Å². The Hall–Kier alpha value is -1.55. The van der Waals surface area contributed by atoms with Crippen molar-refractivity contribution in [3.05, 3.63) is 34.9 Å². The van der Waals surface area contributed by atoms with Crippen LogP contribution in [0.2, 0.25) is 5.02 Å². The molecule has 0 aliphatic carbocycles. The molecule has 80 valence electrons. The summed E-state index contributed by atoms with van der Waals surface area (Å²) in [4.78, 5) is 21.5. The number of aliphatic carboxylic acids is 1. The lowest BCUT2D eigenvalue weighted by atomic mass is 10.1. The fourth-order valence-electron chi connectivity index (χ4n) is 1.06. The number of halogens is 1. The van der Waals surface area contributed by atoms with E-state index in [4.69, 9.17) is 16.7 Å². The van der Waals surface area contributed by atoms with Crippen molar-refractivity contribution in [3.63, 3.8) is 0 Å². The third kappa shape index (κ3) is 3.25. The van der Waals surface area contributed by atoms with E-state index in [1.54, 1.807) is 0 Å². The smallest absolute Gasteiger partial charge is 0.349 e. The van der Waals surface area contributed by atoms with Gasteiger partial charge in [-0.25, -0.2) is 4.79 Å². The van der Waals surface area contributed by atoms with Crippen molar-refractivity contribution >= 4 is 23.5 Å². The molecule has 0 radical (unpaired) electrons. The Kier molecular flexibility index (Phi) is 3.68. The monoisotopic (exact) mass is 228 g/mol. The van der Waals surface area contributed by atoms with Gasteiger partial charge in [0.05, 0.1) is 0 Å². The number of hydrogen-bond acceptors (Lipinski definition) is 3. The van der Waals surface area contributed by atoms with E-state index < -0.39 is 18.0 Å². The van der Waals surface area contributed by atoms with Gasteiger partial charge in [0.2, 0.25) is 6.10 Å². The fraction of sp³-hybridized carbons (Fsp3) is 0.200. The second-order valence-electron chi connectivity index (χ2n) is 2.88. The number of benzene rings is 1. The molecule has 0 saturated heterocycles. The third-order valence-corrected chi connectivity index (χ3v) is 1.93. The fourth-order valence-corrected chi connectivity index (χ4v) is 1.19. The molecule has 0 spiro atoms. The molecule has 0 heterocycles. The van der Waals surface area contributed by atoms with E-state index in [0.717, 1.165) is 6.92 Å². The number of ether oxygens (including phenoxy) is 1. The first-order valence-electron chi connectivity index (χ1n) is 4.16. The largest absolute Gasteiger partial charge is 0.478 e. The predicted molar refractivity (Wildman–Crippen MR) is 53.6 cm³/mol. The van der Waals surface area contributed by atoms with Crippen LogP contribution in [0.4, 0.5) is 0 Å². The molecule has 0 unspecified atom stereocenters. The van der Waals surface area contributed by atoms with Crippen LogP contribution in [0, 0.1) is 0 Å². The predicted octanol–water partition coefficient (Wildman–Crippen LogP) is 2.03. The minimum Gasteiger partial charge on any atom is -0.478 e. The highest BCUT2D eigenvalue weighted by molar-refractivity contribution is 6.30. The standard InChI is InChI=1S/C10H9ClO4/c1-6(12)15-9(10(13)14)7-2-4-8(11)5-3-7/h2-5,9H,1H3,(H,13,14)/t9-/m0/s1. The summed E-state index contributed by atoms with van der Waals surface area (Å²) in [6.45, 7) is 1.16. The molecule has 1 rings (SSSR count). The van der Waals surface area contributed by atoms with Crippen molar-refractivity contribution in [3.8, 4) is 0 Å². The number of hydrogen-bond donors (Lipinski definition) is 1. The van der Waals surface area contributed by atoms with Crippen LogP contribution in [-0.4, -0.2) is 17.0 Å². The van der Waals surface area contributed by atoms with Gasteiger partial charge in [-0.05, 0) is 12.1 Å². The highest BCUT2D eigenvalue weighted by atomic mass is 35.5. The molecular formula is C10H9ClO4. The van der Waals surface area contributed by atoms with Crippen molar-refractivity contribution < 1.29 is 19.4 Å². The molecule has 0 aliphatic heterocycles. The van der Waals surface area contributed by atoms with Crippen molar-refractivity contribution in [2.75, 3.05) is 0 Å². The molecule has 0 aromatic heterocycles. The number of carbonyl (C=O) groups excluding carboxylic acids is 1. The number of carboxylic acids is 1. The van der Waals surface area contributed by atoms with E-state index in [0.29, 0.717) is 10.6 Å². The van der Waals surface area contributed by atoms with Crippen LogP contribution >= 0.6 is 11.6 Å². The molecule has 4 nitrogen and oxygen atoms in total. The maximum absolute atomic E-state index is 10.8. The quantitative estimate of drug-likeness (QED) is 0.804. The maximum Gasteiger partial charge on any atom is 0.349 e. The minimum absolute atomic E-state index is 0.377. The van der Waals surface area contributed by atoms with Gasteiger partial charge in [-0.15, -0.1) is 0 Å². The Bertz CT molecular complexity index is 372. The van der Waals surface area contributed by atoms with E-state index in [9.17, 15) is 9.59 Å². The summed E-state index contributed by atoms with van der Waals surface area (Å²) in [5, 5.41) is 9.33. The van der Waals surface area contributed by atoms with Crippen molar-refractivity contribution in [1.29, 1.82) is 0 Å². The number of esters is 1. The van der Waals surface area contributed by atoms with Gasteiger partial charge in [-0.1, -0.05) is 23.7 Å². The van der Waals surface area contributed by atoms with Crippen molar-refractivity contribution in [2.24, 2.45) is 0 Å². The number of rotatable bonds is 3. The Morgan fingerprint density at radius 1 is 1.33 bits per heavy atom.